The van der Waals surface area contributed by atoms with E-state index < -0.39 is 5.97 Å². The predicted molar refractivity (Wildman–Crippen MR) is 101 cm³/mol. The van der Waals surface area contributed by atoms with Crippen LogP contribution in [0, 0.1) is 13.8 Å². The second kappa shape index (κ2) is 12.4. The minimum Gasteiger partial charge on any atom is -1.00 e. The molecule has 0 atom stereocenters. The van der Waals surface area contributed by atoms with E-state index in [0.29, 0.717) is 31.3 Å². The fraction of sp³-hybridized carbons (Fsp3) is 0.368. The number of carboxylic acids is 1. The third-order valence-electron chi connectivity index (χ3n) is 3.49. The first-order valence-electron chi connectivity index (χ1n) is 8.12. The van der Waals surface area contributed by atoms with E-state index in [4.69, 9.17) is 14.3 Å². The van der Waals surface area contributed by atoms with Gasteiger partial charge in [-0.15, -0.1) is 11.8 Å². The molecule has 0 unspecified atom stereocenters. The van der Waals surface area contributed by atoms with Crippen molar-refractivity contribution >= 4 is 17.7 Å². The maximum Gasteiger partial charge on any atom is 1.00 e. The molecule has 0 fully saturated rings. The molecule has 0 aliphatic carbocycles. The van der Waals surface area contributed by atoms with Crippen LogP contribution in [0.4, 0.5) is 0 Å². The van der Waals surface area contributed by atoms with Crippen molar-refractivity contribution in [1.29, 1.82) is 0 Å². The predicted octanol–water partition coefficient (Wildman–Crippen LogP) is 1.01. The summed E-state index contributed by atoms with van der Waals surface area (Å²) in [4.78, 5) is 14.9. The van der Waals surface area contributed by atoms with E-state index in [1.54, 1.807) is 0 Å². The summed E-state index contributed by atoms with van der Waals surface area (Å²) in [6.45, 7) is 5.04. The van der Waals surface area contributed by atoms with E-state index >= 15 is 0 Å². The maximum atomic E-state index is 10.4. The summed E-state index contributed by atoms with van der Waals surface area (Å²) in [7, 11) is 0. The molecule has 2 rings (SSSR count). The van der Waals surface area contributed by atoms with Crippen LogP contribution in [0.3, 0.4) is 0 Å². The fourth-order valence-electron chi connectivity index (χ4n) is 2.15. The summed E-state index contributed by atoms with van der Waals surface area (Å²) in [5, 5.41) is 8.52. The van der Waals surface area contributed by atoms with Crippen molar-refractivity contribution < 1.29 is 50.0 Å². The molecule has 0 saturated carbocycles. The largest absolute Gasteiger partial charge is 1.00 e. The SMILES string of the molecule is Cc1ccc(-c2nc(CCOCC=CCSCC(=O)O)c(C)o2)cc1.[H-].[Na+]. The number of hydrogen-bond acceptors (Lipinski definition) is 5. The Labute approximate surface area is 182 Å². The third-order valence-corrected chi connectivity index (χ3v) is 4.37. The van der Waals surface area contributed by atoms with Gasteiger partial charge in [0.15, 0.2) is 0 Å². The fourth-order valence-corrected chi connectivity index (χ4v) is 2.71. The van der Waals surface area contributed by atoms with Crippen molar-refractivity contribution in [3.05, 3.63) is 53.4 Å². The number of thioether (sulfide) groups is 1. The molecule has 0 bridgehead atoms. The molecule has 0 spiro atoms. The van der Waals surface area contributed by atoms with Crippen LogP contribution in [-0.4, -0.2) is 40.8 Å². The number of hydrogen-bond donors (Lipinski definition) is 1. The monoisotopic (exact) mass is 385 g/mol. The molecule has 7 heteroatoms. The number of nitrogens with zero attached hydrogens (tertiary/aromatic N) is 1. The van der Waals surface area contributed by atoms with E-state index in [2.05, 4.69) is 4.98 Å². The number of aromatic nitrogens is 1. The summed E-state index contributed by atoms with van der Waals surface area (Å²) in [5.41, 5.74) is 3.09. The second-order valence-corrected chi connectivity index (χ2v) is 6.62. The molecule has 2 aromatic rings. The summed E-state index contributed by atoms with van der Waals surface area (Å²) < 4.78 is 11.3. The van der Waals surface area contributed by atoms with Gasteiger partial charge in [-0.3, -0.25) is 4.79 Å². The first-order chi connectivity index (χ1) is 12.1. The number of ether oxygens (including phenoxy) is 1. The van der Waals surface area contributed by atoms with Gasteiger partial charge in [-0.05, 0) is 26.0 Å². The van der Waals surface area contributed by atoms with Crippen molar-refractivity contribution in [2.75, 3.05) is 24.7 Å². The molecular weight excluding hydrogens is 361 g/mol. The number of benzene rings is 1. The first-order valence-corrected chi connectivity index (χ1v) is 9.27. The van der Waals surface area contributed by atoms with Gasteiger partial charge in [-0.1, -0.05) is 29.8 Å². The minimum absolute atomic E-state index is 0. The van der Waals surface area contributed by atoms with Crippen molar-refractivity contribution in [2.45, 2.75) is 20.3 Å². The summed E-state index contributed by atoms with van der Waals surface area (Å²) in [6, 6.07) is 8.10. The molecule has 136 valence electrons. The van der Waals surface area contributed by atoms with Crippen LogP contribution < -0.4 is 29.6 Å². The van der Waals surface area contributed by atoms with E-state index in [9.17, 15) is 4.79 Å². The van der Waals surface area contributed by atoms with Gasteiger partial charge in [-0.25, -0.2) is 4.98 Å². The zero-order chi connectivity index (χ0) is 18.1. The average molecular weight is 385 g/mol. The molecule has 1 heterocycles. The average Bonchev–Trinajstić information content (AvgIpc) is 2.94. The molecule has 0 aliphatic heterocycles. The molecule has 0 saturated heterocycles. The molecule has 0 radical (unpaired) electrons. The van der Waals surface area contributed by atoms with E-state index in [-0.39, 0.29) is 36.7 Å². The third kappa shape index (κ3) is 8.10. The number of oxazole rings is 1. The Morgan fingerprint density at radius 2 is 2.04 bits per heavy atom. The van der Waals surface area contributed by atoms with Crippen LogP contribution in [0.2, 0.25) is 0 Å². The quantitative estimate of drug-likeness (QED) is 0.374. The molecule has 1 aromatic heterocycles. The molecule has 1 N–H and O–H groups in total. The van der Waals surface area contributed by atoms with Gasteiger partial charge in [0.05, 0.1) is 24.7 Å². The van der Waals surface area contributed by atoms with E-state index in [1.807, 2.05) is 50.3 Å². The normalized spacial score (nSPS) is 10.8. The zero-order valence-corrected chi connectivity index (χ0v) is 18.3. The molecule has 0 aliphatic rings. The van der Waals surface area contributed by atoms with Gasteiger partial charge >= 0.3 is 35.5 Å². The Balaban J connectivity index is 0.00000338. The van der Waals surface area contributed by atoms with Crippen LogP contribution in [0.15, 0.2) is 40.8 Å². The van der Waals surface area contributed by atoms with Gasteiger partial charge in [0.25, 0.3) is 0 Å². The van der Waals surface area contributed by atoms with Crippen molar-refractivity contribution in [2.24, 2.45) is 0 Å². The van der Waals surface area contributed by atoms with Gasteiger partial charge in [0, 0.05) is 17.7 Å². The topological polar surface area (TPSA) is 72.6 Å². The Morgan fingerprint density at radius 1 is 1.31 bits per heavy atom. The second-order valence-electron chi connectivity index (χ2n) is 5.59. The Hall–Kier alpha value is -1.05. The summed E-state index contributed by atoms with van der Waals surface area (Å²) >= 11 is 1.36. The standard InChI is InChI=1S/C19H23NO4S.Na.H/c1-14-5-7-16(8-6-14)19-20-17(15(2)24-19)9-11-23-10-3-4-12-25-13-18(21)22;;/h3-8H,9-13H2,1-2H3,(H,21,22);;/q;+1;-1. The Morgan fingerprint density at radius 3 is 2.73 bits per heavy atom. The molecular formula is C19H24NNaO4S. The minimum atomic E-state index is -0.789. The van der Waals surface area contributed by atoms with Crippen LogP contribution in [-0.2, 0) is 16.0 Å². The maximum absolute atomic E-state index is 10.4. The van der Waals surface area contributed by atoms with Gasteiger partial charge in [0.1, 0.15) is 5.76 Å². The van der Waals surface area contributed by atoms with Crippen molar-refractivity contribution in [1.82, 2.24) is 4.98 Å². The first kappa shape index (κ1) is 23.0. The number of carbonyl (C=O) groups is 1. The van der Waals surface area contributed by atoms with Crippen LogP contribution >= 0.6 is 11.8 Å². The van der Waals surface area contributed by atoms with E-state index in [1.165, 1.54) is 17.3 Å². The summed E-state index contributed by atoms with van der Waals surface area (Å²) in [5.74, 6) is 1.48. The van der Waals surface area contributed by atoms with Gasteiger partial charge in [0.2, 0.25) is 5.89 Å². The Kier molecular flexibility index (Phi) is 10.9. The number of aliphatic carboxylic acids is 1. The van der Waals surface area contributed by atoms with Crippen LogP contribution in [0.5, 0.6) is 0 Å². The van der Waals surface area contributed by atoms with Gasteiger partial charge in [-0.2, -0.15) is 0 Å². The molecule has 26 heavy (non-hydrogen) atoms. The Bertz CT molecular complexity index is 719. The van der Waals surface area contributed by atoms with Crippen LogP contribution in [0.25, 0.3) is 11.5 Å². The summed E-state index contributed by atoms with van der Waals surface area (Å²) in [6.07, 6.45) is 4.52. The smallest absolute Gasteiger partial charge is 1.00 e. The molecule has 1 aromatic carbocycles. The molecule has 5 nitrogen and oxygen atoms in total. The molecule has 0 amide bonds. The van der Waals surface area contributed by atoms with Crippen molar-refractivity contribution in [3.63, 3.8) is 0 Å². The number of rotatable bonds is 10. The zero-order valence-electron chi connectivity index (χ0n) is 16.5. The van der Waals surface area contributed by atoms with Crippen molar-refractivity contribution in [3.8, 4) is 11.5 Å². The van der Waals surface area contributed by atoms with Crippen LogP contribution in [0.1, 0.15) is 18.4 Å². The number of aryl methyl sites for hydroxylation is 2. The van der Waals surface area contributed by atoms with Gasteiger partial charge < -0.3 is 15.7 Å². The number of carboxylic acid groups (broad SMARTS) is 1. The van der Waals surface area contributed by atoms with E-state index in [0.717, 1.165) is 17.0 Å².